The Labute approximate surface area is 90.1 Å². The summed E-state index contributed by atoms with van der Waals surface area (Å²) in [6, 6.07) is -0.0951. The SMILES string of the molecule is C#CC(C)Nc1nc(Cl)ncc1Br. The Morgan fingerprint density at radius 1 is 1.77 bits per heavy atom. The van der Waals surface area contributed by atoms with Crippen molar-refractivity contribution in [2.24, 2.45) is 0 Å². The van der Waals surface area contributed by atoms with Crippen LogP contribution in [0.2, 0.25) is 5.28 Å². The van der Waals surface area contributed by atoms with Crippen molar-refractivity contribution in [3.63, 3.8) is 0 Å². The Morgan fingerprint density at radius 3 is 3.08 bits per heavy atom. The number of hydrogen-bond acceptors (Lipinski definition) is 3. The van der Waals surface area contributed by atoms with E-state index >= 15 is 0 Å². The summed E-state index contributed by atoms with van der Waals surface area (Å²) in [6.45, 7) is 1.85. The van der Waals surface area contributed by atoms with E-state index < -0.39 is 0 Å². The maximum atomic E-state index is 5.61. The Balaban J connectivity index is 2.88. The fourth-order valence-corrected chi connectivity index (χ4v) is 1.13. The fourth-order valence-electron chi connectivity index (χ4n) is 0.694. The molecule has 0 saturated heterocycles. The molecular weight excluding hydrogens is 253 g/mol. The monoisotopic (exact) mass is 259 g/mol. The minimum Gasteiger partial charge on any atom is -0.356 e. The van der Waals surface area contributed by atoms with E-state index in [1.165, 1.54) is 0 Å². The molecule has 1 atom stereocenters. The Bertz CT molecular complexity index is 348. The first-order valence-corrected chi connectivity index (χ1v) is 4.71. The first kappa shape index (κ1) is 10.3. The molecule has 0 aliphatic rings. The van der Waals surface area contributed by atoms with Crippen molar-refractivity contribution < 1.29 is 0 Å². The summed E-state index contributed by atoms with van der Waals surface area (Å²) in [6.07, 6.45) is 6.77. The van der Waals surface area contributed by atoms with Gasteiger partial charge in [-0.2, -0.15) is 4.98 Å². The predicted molar refractivity (Wildman–Crippen MR) is 56.7 cm³/mol. The highest BCUT2D eigenvalue weighted by Gasteiger charge is 2.05. The van der Waals surface area contributed by atoms with Gasteiger partial charge in [0.05, 0.1) is 10.5 Å². The summed E-state index contributed by atoms with van der Waals surface area (Å²) in [4.78, 5) is 7.75. The summed E-state index contributed by atoms with van der Waals surface area (Å²) in [5.74, 6) is 3.13. The largest absolute Gasteiger partial charge is 0.356 e. The zero-order chi connectivity index (χ0) is 9.84. The molecule has 0 aliphatic carbocycles. The normalized spacial score (nSPS) is 11.8. The number of aromatic nitrogens is 2. The summed E-state index contributed by atoms with van der Waals surface area (Å²) in [5.41, 5.74) is 0. The lowest BCUT2D eigenvalue weighted by Gasteiger charge is -2.09. The molecule has 5 heteroatoms. The molecule has 0 amide bonds. The minimum atomic E-state index is -0.0951. The van der Waals surface area contributed by atoms with E-state index in [1.807, 2.05) is 6.92 Å². The van der Waals surface area contributed by atoms with Gasteiger partial charge in [-0.15, -0.1) is 6.42 Å². The molecule has 0 saturated carbocycles. The Morgan fingerprint density at radius 2 is 2.46 bits per heavy atom. The second kappa shape index (κ2) is 4.45. The van der Waals surface area contributed by atoms with Crippen LogP contribution in [0.5, 0.6) is 0 Å². The average molecular weight is 261 g/mol. The van der Waals surface area contributed by atoms with Gasteiger partial charge in [0.2, 0.25) is 5.28 Å². The number of rotatable bonds is 2. The van der Waals surface area contributed by atoms with Crippen molar-refractivity contribution in [1.29, 1.82) is 0 Å². The molecule has 1 aromatic heterocycles. The van der Waals surface area contributed by atoms with Crippen molar-refractivity contribution in [2.45, 2.75) is 13.0 Å². The Hall–Kier alpha value is -0.790. The van der Waals surface area contributed by atoms with Crippen molar-refractivity contribution in [2.75, 3.05) is 5.32 Å². The lowest BCUT2D eigenvalue weighted by atomic mass is 10.3. The number of terminal acetylenes is 1. The molecule has 0 radical (unpaired) electrons. The van der Waals surface area contributed by atoms with Gasteiger partial charge in [0.15, 0.2) is 0 Å². The van der Waals surface area contributed by atoms with E-state index in [2.05, 4.69) is 37.1 Å². The van der Waals surface area contributed by atoms with E-state index in [0.717, 1.165) is 4.47 Å². The highest BCUT2D eigenvalue weighted by molar-refractivity contribution is 9.10. The van der Waals surface area contributed by atoms with Gasteiger partial charge in [-0.25, -0.2) is 4.98 Å². The fraction of sp³-hybridized carbons (Fsp3) is 0.250. The number of nitrogens with zero attached hydrogens (tertiary/aromatic N) is 2. The molecule has 1 unspecified atom stereocenters. The summed E-state index contributed by atoms with van der Waals surface area (Å²) in [7, 11) is 0. The van der Waals surface area contributed by atoms with E-state index in [0.29, 0.717) is 5.82 Å². The Kier molecular flexibility index (Phi) is 3.52. The predicted octanol–water partition coefficient (Wildman–Crippen LogP) is 2.33. The number of nitrogens with one attached hydrogen (secondary N) is 1. The molecule has 1 aromatic rings. The lowest BCUT2D eigenvalue weighted by molar-refractivity contribution is 0.998. The van der Waals surface area contributed by atoms with Gasteiger partial charge in [0.1, 0.15) is 5.82 Å². The van der Waals surface area contributed by atoms with E-state index in [1.54, 1.807) is 6.20 Å². The topological polar surface area (TPSA) is 37.8 Å². The molecule has 0 aliphatic heterocycles. The molecular formula is C8H7BrClN3. The number of halogens is 2. The summed E-state index contributed by atoms with van der Waals surface area (Å²) in [5, 5.41) is 3.17. The number of hydrogen-bond donors (Lipinski definition) is 1. The third kappa shape index (κ3) is 2.87. The van der Waals surface area contributed by atoms with Gasteiger partial charge in [-0.3, -0.25) is 0 Å². The second-order valence-electron chi connectivity index (χ2n) is 2.37. The molecule has 0 bridgehead atoms. The maximum absolute atomic E-state index is 5.61. The second-order valence-corrected chi connectivity index (χ2v) is 3.56. The third-order valence-electron chi connectivity index (χ3n) is 1.32. The highest BCUT2D eigenvalue weighted by atomic mass is 79.9. The van der Waals surface area contributed by atoms with Crippen molar-refractivity contribution in [1.82, 2.24) is 9.97 Å². The first-order chi connectivity index (χ1) is 6.13. The van der Waals surface area contributed by atoms with Gasteiger partial charge in [0, 0.05) is 6.20 Å². The van der Waals surface area contributed by atoms with Crippen LogP contribution in [0, 0.1) is 12.3 Å². The minimum absolute atomic E-state index is 0.0951. The average Bonchev–Trinajstić information content (AvgIpc) is 2.11. The van der Waals surface area contributed by atoms with E-state index in [9.17, 15) is 0 Å². The molecule has 0 aromatic carbocycles. The van der Waals surface area contributed by atoms with Gasteiger partial charge in [-0.1, -0.05) is 5.92 Å². The van der Waals surface area contributed by atoms with Gasteiger partial charge < -0.3 is 5.32 Å². The van der Waals surface area contributed by atoms with Crippen LogP contribution in [0.15, 0.2) is 10.7 Å². The van der Waals surface area contributed by atoms with Crippen molar-refractivity contribution >= 4 is 33.3 Å². The van der Waals surface area contributed by atoms with Crippen LogP contribution in [0.1, 0.15) is 6.92 Å². The van der Waals surface area contributed by atoms with Crippen molar-refractivity contribution in [3.05, 3.63) is 16.0 Å². The van der Waals surface area contributed by atoms with Crippen LogP contribution in [0.3, 0.4) is 0 Å². The molecule has 0 fully saturated rings. The molecule has 1 heterocycles. The molecule has 1 N–H and O–H groups in total. The molecule has 3 nitrogen and oxygen atoms in total. The zero-order valence-corrected chi connectivity index (χ0v) is 9.22. The van der Waals surface area contributed by atoms with Crippen LogP contribution < -0.4 is 5.32 Å². The van der Waals surface area contributed by atoms with Crippen LogP contribution >= 0.6 is 27.5 Å². The molecule has 68 valence electrons. The van der Waals surface area contributed by atoms with Crippen LogP contribution in [0.4, 0.5) is 5.82 Å². The van der Waals surface area contributed by atoms with E-state index in [-0.39, 0.29) is 11.3 Å². The standard InChI is InChI=1S/C8H7BrClN3/c1-3-5(2)12-7-6(9)4-11-8(10)13-7/h1,4-5H,2H3,(H,11,12,13). The summed E-state index contributed by atoms with van der Waals surface area (Å²) < 4.78 is 0.735. The zero-order valence-electron chi connectivity index (χ0n) is 6.88. The lowest BCUT2D eigenvalue weighted by Crippen LogP contribution is -2.13. The maximum Gasteiger partial charge on any atom is 0.224 e. The first-order valence-electron chi connectivity index (χ1n) is 3.54. The number of anilines is 1. The smallest absolute Gasteiger partial charge is 0.224 e. The quantitative estimate of drug-likeness (QED) is 0.655. The van der Waals surface area contributed by atoms with Gasteiger partial charge in [-0.05, 0) is 34.5 Å². The van der Waals surface area contributed by atoms with Crippen LogP contribution in [-0.2, 0) is 0 Å². The van der Waals surface area contributed by atoms with E-state index in [4.69, 9.17) is 18.0 Å². The molecule has 1 rings (SSSR count). The van der Waals surface area contributed by atoms with Gasteiger partial charge in [0.25, 0.3) is 0 Å². The van der Waals surface area contributed by atoms with Crippen LogP contribution in [0.25, 0.3) is 0 Å². The molecule has 13 heavy (non-hydrogen) atoms. The molecule has 0 spiro atoms. The highest BCUT2D eigenvalue weighted by Crippen LogP contribution is 2.20. The third-order valence-corrected chi connectivity index (χ3v) is 2.08. The van der Waals surface area contributed by atoms with Crippen LogP contribution in [-0.4, -0.2) is 16.0 Å². The van der Waals surface area contributed by atoms with Gasteiger partial charge >= 0.3 is 0 Å². The van der Waals surface area contributed by atoms with Crippen molar-refractivity contribution in [3.8, 4) is 12.3 Å². The summed E-state index contributed by atoms with van der Waals surface area (Å²) >= 11 is 8.88.